The molecule has 1 aliphatic rings. The van der Waals surface area contributed by atoms with Gasteiger partial charge in [-0.1, -0.05) is 0 Å². The molecule has 2 rings (SSSR count). The Morgan fingerprint density at radius 2 is 1.88 bits per heavy atom. The smallest absolute Gasteiger partial charge is 0.192 e. The number of methoxy groups -OCH3 is 2. The van der Waals surface area contributed by atoms with Gasteiger partial charge in [-0.15, -0.1) is 0 Å². The standard InChI is InChI=1S/C12H14O4/c1-14-10-3-4-11(15-2)12-8(10)5-6-16-7-9(12)13/h3-4H,5-7H2,1-2H3. The molecule has 1 aromatic carbocycles. The van der Waals surface area contributed by atoms with Crippen LogP contribution in [0.4, 0.5) is 0 Å². The molecule has 0 saturated carbocycles. The third kappa shape index (κ3) is 1.76. The molecule has 0 spiro atoms. The molecule has 4 nitrogen and oxygen atoms in total. The van der Waals surface area contributed by atoms with Crippen molar-refractivity contribution in [3.8, 4) is 11.5 Å². The van der Waals surface area contributed by atoms with Crippen molar-refractivity contribution < 1.29 is 19.0 Å². The van der Waals surface area contributed by atoms with Crippen molar-refractivity contribution in [1.82, 2.24) is 0 Å². The Bertz CT molecular complexity index is 412. The van der Waals surface area contributed by atoms with Crippen molar-refractivity contribution in [3.05, 3.63) is 23.3 Å². The lowest BCUT2D eigenvalue weighted by Gasteiger charge is -2.13. The van der Waals surface area contributed by atoms with Gasteiger partial charge in [0, 0.05) is 12.0 Å². The average molecular weight is 222 g/mol. The predicted octanol–water partition coefficient (Wildman–Crippen LogP) is 1.46. The lowest BCUT2D eigenvalue weighted by Crippen LogP contribution is -2.09. The summed E-state index contributed by atoms with van der Waals surface area (Å²) in [6.07, 6.45) is 0.668. The van der Waals surface area contributed by atoms with Crippen LogP contribution in [0.15, 0.2) is 12.1 Å². The molecule has 4 heteroatoms. The fourth-order valence-electron chi connectivity index (χ4n) is 1.93. The van der Waals surface area contributed by atoms with Gasteiger partial charge in [0.15, 0.2) is 5.78 Å². The monoisotopic (exact) mass is 222 g/mol. The molecule has 0 radical (unpaired) electrons. The van der Waals surface area contributed by atoms with Crippen LogP contribution >= 0.6 is 0 Å². The van der Waals surface area contributed by atoms with Gasteiger partial charge in [0.25, 0.3) is 0 Å². The van der Waals surface area contributed by atoms with E-state index in [9.17, 15) is 4.79 Å². The molecule has 16 heavy (non-hydrogen) atoms. The molecule has 0 N–H and O–H groups in total. The Morgan fingerprint density at radius 3 is 2.56 bits per heavy atom. The van der Waals surface area contributed by atoms with Crippen LogP contribution < -0.4 is 9.47 Å². The highest BCUT2D eigenvalue weighted by Crippen LogP contribution is 2.32. The molecule has 0 fully saturated rings. The maximum atomic E-state index is 11.9. The third-order valence-electron chi connectivity index (χ3n) is 2.68. The highest BCUT2D eigenvalue weighted by Gasteiger charge is 2.23. The van der Waals surface area contributed by atoms with Gasteiger partial charge in [-0.3, -0.25) is 4.79 Å². The van der Waals surface area contributed by atoms with E-state index in [2.05, 4.69) is 0 Å². The van der Waals surface area contributed by atoms with E-state index in [0.29, 0.717) is 24.3 Å². The first-order chi connectivity index (χ1) is 7.77. The Balaban J connectivity index is 2.61. The van der Waals surface area contributed by atoms with Crippen molar-refractivity contribution in [2.75, 3.05) is 27.4 Å². The lowest BCUT2D eigenvalue weighted by atomic mass is 10.00. The highest BCUT2D eigenvalue weighted by molar-refractivity contribution is 6.02. The van der Waals surface area contributed by atoms with E-state index in [1.165, 1.54) is 0 Å². The first kappa shape index (κ1) is 11.0. The van der Waals surface area contributed by atoms with E-state index in [0.717, 1.165) is 11.3 Å². The number of Topliss-reactive ketones (excluding diaryl/α,β-unsaturated/α-hetero) is 1. The van der Waals surface area contributed by atoms with E-state index in [-0.39, 0.29) is 12.4 Å². The number of fused-ring (bicyclic) bond motifs is 1. The highest BCUT2D eigenvalue weighted by atomic mass is 16.5. The minimum atomic E-state index is -0.0525. The second-order valence-electron chi connectivity index (χ2n) is 3.55. The summed E-state index contributed by atoms with van der Waals surface area (Å²) in [4.78, 5) is 11.9. The van der Waals surface area contributed by atoms with Crippen molar-refractivity contribution in [2.45, 2.75) is 6.42 Å². The minimum absolute atomic E-state index is 0.0525. The Kier molecular flexibility index (Phi) is 3.10. The summed E-state index contributed by atoms with van der Waals surface area (Å²) >= 11 is 0. The SMILES string of the molecule is COc1ccc(OC)c2c1CCOCC2=O. The summed E-state index contributed by atoms with van der Waals surface area (Å²) in [7, 11) is 3.15. The fraction of sp³-hybridized carbons (Fsp3) is 0.417. The summed E-state index contributed by atoms with van der Waals surface area (Å²) < 4.78 is 15.7. The second-order valence-corrected chi connectivity index (χ2v) is 3.55. The van der Waals surface area contributed by atoms with Crippen molar-refractivity contribution >= 4 is 5.78 Å². The molecule has 0 aliphatic carbocycles. The van der Waals surface area contributed by atoms with Crippen LogP contribution in [0.2, 0.25) is 0 Å². The molecule has 0 saturated heterocycles. The second kappa shape index (κ2) is 4.53. The van der Waals surface area contributed by atoms with Gasteiger partial charge in [0.2, 0.25) is 0 Å². The van der Waals surface area contributed by atoms with Gasteiger partial charge in [-0.2, -0.15) is 0 Å². The largest absolute Gasteiger partial charge is 0.496 e. The number of hydrogen-bond donors (Lipinski definition) is 0. The molecule has 0 amide bonds. The van der Waals surface area contributed by atoms with Gasteiger partial charge >= 0.3 is 0 Å². The fourth-order valence-corrected chi connectivity index (χ4v) is 1.93. The van der Waals surface area contributed by atoms with E-state index >= 15 is 0 Å². The maximum absolute atomic E-state index is 11.9. The number of benzene rings is 1. The third-order valence-corrected chi connectivity index (χ3v) is 2.68. The van der Waals surface area contributed by atoms with E-state index in [4.69, 9.17) is 14.2 Å². The zero-order valence-electron chi connectivity index (χ0n) is 9.41. The summed E-state index contributed by atoms with van der Waals surface area (Å²) in [5.74, 6) is 1.25. The van der Waals surface area contributed by atoms with Crippen LogP contribution in [0.25, 0.3) is 0 Å². The minimum Gasteiger partial charge on any atom is -0.496 e. The van der Waals surface area contributed by atoms with Crippen LogP contribution in [-0.2, 0) is 11.2 Å². The van der Waals surface area contributed by atoms with E-state index < -0.39 is 0 Å². The van der Waals surface area contributed by atoms with Gasteiger partial charge in [-0.25, -0.2) is 0 Å². The first-order valence-corrected chi connectivity index (χ1v) is 5.12. The molecule has 1 heterocycles. The van der Waals surface area contributed by atoms with Crippen molar-refractivity contribution in [1.29, 1.82) is 0 Å². The molecular formula is C12H14O4. The number of ketones is 1. The topological polar surface area (TPSA) is 44.8 Å². The number of carbonyl (C=O) groups excluding carboxylic acids is 1. The summed E-state index contributed by atoms with van der Waals surface area (Å²) in [5.41, 5.74) is 1.48. The quantitative estimate of drug-likeness (QED) is 0.760. The molecule has 1 aliphatic heterocycles. The molecule has 1 aromatic rings. The zero-order valence-corrected chi connectivity index (χ0v) is 9.41. The van der Waals surface area contributed by atoms with Crippen LogP contribution in [0.5, 0.6) is 11.5 Å². The van der Waals surface area contributed by atoms with E-state index in [1.54, 1.807) is 20.3 Å². The molecular weight excluding hydrogens is 208 g/mol. The zero-order chi connectivity index (χ0) is 11.5. The first-order valence-electron chi connectivity index (χ1n) is 5.12. The van der Waals surface area contributed by atoms with Crippen LogP contribution in [0, 0.1) is 0 Å². The van der Waals surface area contributed by atoms with Crippen molar-refractivity contribution in [2.24, 2.45) is 0 Å². The van der Waals surface area contributed by atoms with Crippen LogP contribution in [0.3, 0.4) is 0 Å². The average Bonchev–Trinajstić information content (AvgIpc) is 2.51. The number of hydrogen-bond acceptors (Lipinski definition) is 4. The summed E-state index contributed by atoms with van der Waals surface area (Å²) in [5, 5.41) is 0. The summed E-state index contributed by atoms with van der Waals surface area (Å²) in [6, 6.07) is 3.57. The normalized spacial score (nSPS) is 15.2. The van der Waals surface area contributed by atoms with E-state index in [1.807, 2.05) is 6.07 Å². The van der Waals surface area contributed by atoms with Gasteiger partial charge in [0.05, 0.1) is 26.4 Å². The summed E-state index contributed by atoms with van der Waals surface area (Å²) in [6.45, 7) is 0.638. The van der Waals surface area contributed by atoms with Crippen LogP contribution in [-0.4, -0.2) is 33.2 Å². The van der Waals surface area contributed by atoms with Gasteiger partial charge in [-0.05, 0) is 12.1 Å². The van der Waals surface area contributed by atoms with Crippen LogP contribution in [0.1, 0.15) is 15.9 Å². The number of carbonyl (C=O) groups is 1. The molecule has 0 atom stereocenters. The Labute approximate surface area is 94.1 Å². The molecule has 86 valence electrons. The maximum Gasteiger partial charge on any atom is 0.192 e. The Morgan fingerprint density at radius 1 is 1.19 bits per heavy atom. The number of rotatable bonds is 2. The predicted molar refractivity (Wildman–Crippen MR) is 58.4 cm³/mol. The number of ether oxygens (including phenoxy) is 3. The van der Waals surface area contributed by atoms with Gasteiger partial charge < -0.3 is 14.2 Å². The lowest BCUT2D eigenvalue weighted by molar-refractivity contribution is 0.0786. The van der Waals surface area contributed by atoms with Crippen molar-refractivity contribution in [3.63, 3.8) is 0 Å². The molecule has 0 bridgehead atoms. The van der Waals surface area contributed by atoms with Gasteiger partial charge in [0.1, 0.15) is 18.1 Å². The molecule has 0 aromatic heterocycles. The Hall–Kier alpha value is -1.55. The molecule has 0 unspecified atom stereocenters.